The number of nitrogens with one attached hydrogen (secondary N) is 1. The molecule has 0 radical (unpaired) electrons. The molecule has 0 atom stereocenters. The molecule has 6 nitrogen and oxygen atoms in total. The van der Waals surface area contributed by atoms with Gasteiger partial charge >= 0.3 is 0 Å². The summed E-state index contributed by atoms with van der Waals surface area (Å²) < 4.78 is 32.6. The molecular formula is C22H28N2O4S. The molecule has 1 heterocycles. The van der Waals surface area contributed by atoms with Gasteiger partial charge in [0.1, 0.15) is 12.4 Å². The summed E-state index contributed by atoms with van der Waals surface area (Å²) in [6.07, 6.45) is 2.72. The number of amides is 1. The van der Waals surface area contributed by atoms with E-state index in [1.54, 1.807) is 19.1 Å². The zero-order valence-electron chi connectivity index (χ0n) is 17.0. The van der Waals surface area contributed by atoms with Crippen molar-refractivity contribution >= 4 is 15.9 Å². The standard InChI is InChI=1S/C22H28N2O4S/c1-3-18-7-9-19(10-8-18)28-15-12-23-22(25)21-16-20(11-6-17(21)2)29(26,27)24-13-4-5-14-24/h6-11,16H,3-5,12-15H2,1-2H3,(H,23,25). The Balaban J connectivity index is 1.59. The number of benzene rings is 2. The van der Waals surface area contributed by atoms with E-state index in [9.17, 15) is 13.2 Å². The summed E-state index contributed by atoms with van der Waals surface area (Å²) in [5.74, 6) is 0.456. The average Bonchev–Trinajstić information content (AvgIpc) is 3.27. The lowest BCUT2D eigenvalue weighted by Crippen LogP contribution is -2.30. The van der Waals surface area contributed by atoms with Gasteiger partial charge in [-0.15, -0.1) is 0 Å². The Kier molecular flexibility index (Phi) is 6.92. The van der Waals surface area contributed by atoms with Crippen LogP contribution in [0, 0.1) is 6.92 Å². The van der Waals surface area contributed by atoms with Crippen LogP contribution in [0.4, 0.5) is 0 Å². The first kappa shape index (κ1) is 21.3. The van der Waals surface area contributed by atoms with Gasteiger partial charge in [0.25, 0.3) is 5.91 Å². The summed E-state index contributed by atoms with van der Waals surface area (Å²) in [5.41, 5.74) is 2.35. The molecule has 0 bridgehead atoms. The maximum atomic E-state index is 12.8. The smallest absolute Gasteiger partial charge is 0.251 e. The highest BCUT2D eigenvalue weighted by Gasteiger charge is 2.28. The van der Waals surface area contributed by atoms with Gasteiger partial charge in [0.2, 0.25) is 10.0 Å². The van der Waals surface area contributed by atoms with E-state index in [1.165, 1.54) is 15.9 Å². The van der Waals surface area contributed by atoms with Crippen molar-refractivity contribution in [2.75, 3.05) is 26.2 Å². The number of hydrogen-bond donors (Lipinski definition) is 1. The molecule has 2 aromatic rings. The SMILES string of the molecule is CCc1ccc(OCCNC(=O)c2cc(S(=O)(=O)N3CCCC3)ccc2C)cc1. The second-order valence-corrected chi connectivity index (χ2v) is 9.13. The zero-order valence-corrected chi connectivity index (χ0v) is 17.8. The van der Waals surface area contributed by atoms with Crippen molar-refractivity contribution in [3.63, 3.8) is 0 Å². The molecule has 1 fully saturated rings. The molecule has 156 valence electrons. The summed E-state index contributed by atoms with van der Waals surface area (Å²) >= 11 is 0. The lowest BCUT2D eigenvalue weighted by atomic mass is 10.1. The third kappa shape index (κ3) is 5.16. The van der Waals surface area contributed by atoms with E-state index in [-0.39, 0.29) is 10.8 Å². The van der Waals surface area contributed by atoms with Crippen molar-refractivity contribution in [2.24, 2.45) is 0 Å². The van der Waals surface area contributed by atoms with E-state index in [0.29, 0.717) is 31.8 Å². The third-order valence-corrected chi connectivity index (χ3v) is 7.04. The second-order valence-electron chi connectivity index (χ2n) is 7.19. The molecule has 2 aromatic carbocycles. The number of hydrogen-bond acceptors (Lipinski definition) is 4. The van der Waals surface area contributed by atoms with Gasteiger partial charge in [-0.1, -0.05) is 25.1 Å². The van der Waals surface area contributed by atoms with E-state index in [4.69, 9.17) is 4.74 Å². The van der Waals surface area contributed by atoms with Crippen LogP contribution in [0.15, 0.2) is 47.4 Å². The fraction of sp³-hybridized carbons (Fsp3) is 0.409. The van der Waals surface area contributed by atoms with Gasteiger partial charge in [-0.25, -0.2) is 8.42 Å². The molecule has 1 aliphatic heterocycles. The summed E-state index contributed by atoms with van der Waals surface area (Å²) in [6, 6.07) is 12.6. The molecule has 1 saturated heterocycles. The molecule has 29 heavy (non-hydrogen) atoms. The van der Waals surface area contributed by atoms with Crippen molar-refractivity contribution in [3.8, 4) is 5.75 Å². The molecular weight excluding hydrogens is 388 g/mol. The molecule has 0 saturated carbocycles. The molecule has 0 unspecified atom stereocenters. The van der Waals surface area contributed by atoms with Crippen molar-refractivity contribution in [2.45, 2.75) is 38.0 Å². The van der Waals surface area contributed by atoms with Crippen LogP contribution >= 0.6 is 0 Å². The zero-order chi connectivity index (χ0) is 20.9. The Morgan fingerprint density at radius 2 is 1.79 bits per heavy atom. The number of carbonyl (C=O) groups excluding carboxylic acids is 1. The van der Waals surface area contributed by atoms with E-state index >= 15 is 0 Å². The van der Waals surface area contributed by atoms with Gasteiger partial charge in [-0.05, 0) is 61.6 Å². The molecule has 7 heteroatoms. The minimum Gasteiger partial charge on any atom is -0.492 e. The first-order valence-corrected chi connectivity index (χ1v) is 11.5. The normalized spacial score (nSPS) is 14.7. The van der Waals surface area contributed by atoms with E-state index in [0.717, 1.165) is 30.6 Å². The van der Waals surface area contributed by atoms with Gasteiger partial charge < -0.3 is 10.1 Å². The molecule has 1 N–H and O–H groups in total. The van der Waals surface area contributed by atoms with Crippen LogP contribution in [-0.4, -0.2) is 44.9 Å². The number of rotatable bonds is 8. The highest BCUT2D eigenvalue weighted by atomic mass is 32.2. The first-order chi connectivity index (χ1) is 13.9. The van der Waals surface area contributed by atoms with Crippen molar-refractivity contribution in [3.05, 3.63) is 59.2 Å². The van der Waals surface area contributed by atoms with Crippen LogP contribution in [0.5, 0.6) is 5.75 Å². The topological polar surface area (TPSA) is 75.7 Å². The second kappa shape index (κ2) is 9.41. The Morgan fingerprint density at radius 1 is 1.10 bits per heavy atom. The monoisotopic (exact) mass is 416 g/mol. The fourth-order valence-corrected chi connectivity index (χ4v) is 4.88. The lowest BCUT2D eigenvalue weighted by molar-refractivity contribution is 0.0946. The van der Waals surface area contributed by atoms with Crippen LogP contribution in [0.1, 0.15) is 41.3 Å². The van der Waals surface area contributed by atoms with Crippen LogP contribution in [0.2, 0.25) is 0 Å². The van der Waals surface area contributed by atoms with Crippen molar-refractivity contribution in [1.29, 1.82) is 0 Å². The molecule has 0 aromatic heterocycles. The van der Waals surface area contributed by atoms with Gasteiger partial charge in [0.15, 0.2) is 0 Å². The lowest BCUT2D eigenvalue weighted by Gasteiger charge is -2.17. The maximum absolute atomic E-state index is 12.8. The quantitative estimate of drug-likeness (QED) is 0.671. The van der Waals surface area contributed by atoms with E-state index in [2.05, 4.69) is 12.2 Å². The predicted molar refractivity (Wildman–Crippen MR) is 113 cm³/mol. The van der Waals surface area contributed by atoms with Gasteiger partial charge in [-0.2, -0.15) is 4.31 Å². The Labute approximate surface area is 172 Å². The number of nitrogens with zero attached hydrogens (tertiary/aromatic N) is 1. The predicted octanol–water partition coefficient (Wildman–Crippen LogP) is 3.15. The minimum absolute atomic E-state index is 0.169. The van der Waals surface area contributed by atoms with Crippen LogP contribution < -0.4 is 10.1 Å². The Morgan fingerprint density at radius 3 is 2.45 bits per heavy atom. The van der Waals surface area contributed by atoms with Crippen LogP contribution in [0.25, 0.3) is 0 Å². The highest BCUT2D eigenvalue weighted by molar-refractivity contribution is 7.89. The van der Waals surface area contributed by atoms with E-state index in [1.807, 2.05) is 24.3 Å². The largest absolute Gasteiger partial charge is 0.492 e. The number of ether oxygens (including phenoxy) is 1. The molecule has 3 rings (SSSR count). The maximum Gasteiger partial charge on any atom is 0.251 e. The molecule has 1 amide bonds. The summed E-state index contributed by atoms with van der Waals surface area (Å²) in [7, 11) is -3.55. The fourth-order valence-electron chi connectivity index (χ4n) is 3.33. The van der Waals surface area contributed by atoms with Gasteiger partial charge in [-0.3, -0.25) is 4.79 Å². The van der Waals surface area contributed by atoms with Crippen LogP contribution in [0.3, 0.4) is 0 Å². The average molecular weight is 417 g/mol. The summed E-state index contributed by atoms with van der Waals surface area (Å²) in [6.45, 7) is 5.63. The first-order valence-electron chi connectivity index (χ1n) is 10.0. The van der Waals surface area contributed by atoms with Gasteiger partial charge in [0, 0.05) is 18.7 Å². The number of sulfonamides is 1. The number of aryl methyl sites for hydroxylation is 2. The molecule has 0 aliphatic carbocycles. The molecule has 0 spiro atoms. The highest BCUT2D eigenvalue weighted by Crippen LogP contribution is 2.23. The Bertz CT molecular complexity index is 949. The van der Waals surface area contributed by atoms with Gasteiger partial charge in [0.05, 0.1) is 11.4 Å². The number of carbonyl (C=O) groups is 1. The molecule has 1 aliphatic rings. The van der Waals surface area contributed by atoms with Crippen molar-refractivity contribution in [1.82, 2.24) is 9.62 Å². The summed E-state index contributed by atoms with van der Waals surface area (Å²) in [5, 5.41) is 2.81. The minimum atomic E-state index is -3.55. The Hall–Kier alpha value is -2.38. The summed E-state index contributed by atoms with van der Waals surface area (Å²) in [4.78, 5) is 12.8. The van der Waals surface area contributed by atoms with E-state index < -0.39 is 10.0 Å². The van der Waals surface area contributed by atoms with Crippen LogP contribution in [-0.2, 0) is 16.4 Å². The van der Waals surface area contributed by atoms with Crippen molar-refractivity contribution < 1.29 is 17.9 Å². The third-order valence-electron chi connectivity index (χ3n) is 5.14.